The number of benzene rings is 1. The van der Waals surface area contributed by atoms with Crippen LogP contribution < -0.4 is 5.32 Å². The van der Waals surface area contributed by atoms with Crippen molar-refractivity contribution in [2.45, 2.75) is 45.8 Å². The third-order valence-electron chi connectivity index (χ3n) is 3.96. The van der Waals surface area contributed by atoms with Gasteiger partial charge in [-0.25, -0.2) is 0 Å². The van der Waals surface area contributed by atoms with Crippen molar-refractivity contribution in [3.63, 3.8) is 0 Å². The second-order valence-electron chi connectivity index (χ2n) is 5.39. The first kappa shape index (κ1) is 13.6. The highest BCUT2D eigenvalue weighted by atomic mass is 16.5. The van der Waals surface area contributed by atoms with E-state index in [1.807, 2.05) is 0 Å². The Morgan fingerprint density at radius 1 is 1.44 bits per heavy atom. The van der Waals surface area contributed by atoms with Crippen LogP contribution in [0.3, 0.4) is 0 Å². The molecule has 0 saturated carbocycles. The van der Waals surface area contributed by atoms with E-state index in [-0.39, 0.29) is 0 Å². The third-order valence-corrected chi connectivity index (χ3v) is 3.96. The Balaban J connectivity index is 2.06. The average Bonchev–Trinajstić information content (AvgIpc) is 2.75. The number of hydrogen-bond acceptors (Lipinski definition) is 2. The lowest BCUT2D eigenvalue weighted by Crippen LogP contribution is -2.40. The zero-order valence-electron chi connectivity index (χ0n) is 11.8. The molecular formula is C16H25NO. The summed E-state index contributed by atoms with van der Waals surface area (Å²) in [5.74, 6) is 0.644. The molecular weight excluding hydrogens is 222 g/mol. The van der Waals surface area contributed by atoms with Gasteiger partial charge in [-0.1, -0.05) is 36.8 Å². The van der Waals surface area contributed by atoms with Crippen LogP contribution in [0.2, 0.25) is 0 Å². The quantitative estimate of drug-likeness (QED) is 0.864. The highest BCUT2D eigenvalue weighted by molar-refractivity contribution is 5.23. The molecule has 3 atom stereocenters. The van der Waals surface area contributed by atoms with Gasteiger partial charge in [-0.2, -0.15) is 0 Å². The molecule has 2 nitrogen and oxygen atoms in total. The summed E-state index contributed by atoms with van der Waals surface area (Å²) in [4.78, 5) is 0. The molecule has 1 aliphatic rings. The highest BCUT2D eigenvalue weighted by Crippen LogP contribution is 2.26. The summed E-state index contributed by atoms with van der Waals surface area (Å²) in [7, 11) is 0. The van der Waals surface area contributed by atoms with Gasteiger partial charge in [0.2, 0.25) is 0 Å². The van der Waals surface area contributed by atoms with E-state index in [1.54, 1.807) is 0 Å². The second kappa shape index (κ2) is 6.35. The molecule has 3 unspecified atom stereocenters. The molecule has 1 aliphatic heterocycles. The predicted molar refractivity (Wildman–Crippen MR) is 75.9 cm³/mol. The van der Waals surface area contributed by atoms with Gasteiger partial charge in [-0.3, -0.25) is 0 Å². The molecule has 2 rings (SSSR count). The summed E-state index contributed by atoms with van der Waals surface area (Å²) < 4.78 is 5.71. The number of rotatable bonds is 5. The maximum atomic E-state index is 5.71. The Morgan fingerprint density at radius 2 is 2.28 bits per heavy atom. The van der Waals surface area contributed by atoms with E-state index in [4.69, 9.17) is 4.74 Å². The zero-order valence-corrected chi connectivity index (χ0v) is 11.8. The lowest BCUT2D eigenvalue weighted by Gasteiger charge is -2.26. The van der Waals surface area contributed by atoms with Crippen molar-refractivity contribution >= 4 is 0 Å². The molecule has 1 aromatic rings. The van der Waals surface area contributed by atoms with Gasteiger partial charge < -0.3 is 10.1 Å². The molecule has 0 aromatic heterocycles. The van der Waals surface area contributed by atoms with E-state index >= 15 is 0 Å². The molecule has 0 amide bonds. The standard InChI is InChI=1S/C16H25NO/c1-4-17-16(15-8-9-18-13(15)3)11-14-7-5-6-12(2)10-14/h5-7,10,13,15-17H,4,8-9,11H2,1-3H3. The Morgan fingerprint density at radius 3 is 2.89 bits per heavy atom. The Bertz CT molecular complexity index is 377. The maximum absolute atomic E-state index is 5.71. The molecule has 0 aliphatic carbocycles. The monoisotopic (exact) mass is 247 g/mol. The lowest BCUT2D eigenvalue weighted by atomic mass is 9.88. The first-order chi connectivity index (χ1) is 8.70. The van der Waals surface area contributed by atoms with Crippen LogP contribution in [0, 0.1) is 12.8 Å². The van der Waals surface area contributed by atoms with Gasteiger partial charge in [0.1, 0.15) is 0 Å². The fourth-order valence-corrected chi connectivity index (χ4v) is 3.01. The van der Waals surface area contributed by atoms with Gasteiger partial charge >= 0.3 is 0 Å². The second-order valence-corrected chi connectivity index (χ2v) is 5.39. The number of ether oxygens (including phenoxy) is 1. The first-order valence-corrected chi connectivity index (χ1v) is 7.11. The van der Waals surface area contributed by atoms with E-state index in [1.165, 1.54) is 17.5 Å². The van der Waals surface area contributed by atoms with Crippen molar-refractivity contribution in [2.24, 2.45) is 5.92 Å². The van der Waals surface area contributed by atoms with Gasteiger partial charge in [-0.15, -0.1) is 0 Å². The Labute approximate surface area is 111 Å². The van der Waals surface area contributed by atoms with Crippen LogP contribution in [-0.2, 0) is 11.2 Å². The number of likely N-dealkylation sites (N-methyl/N-ethyl adjacent to an activating group) is 1. The largest absolute Gasteiger partial charge is 0.378 e. The first-order valence-electron chi connectivity index (χ1n) is 7.11. The van der Waals surface area contributed by atoms with Gasteiger partial charge in [0.05, 0.1) is 6.10 Å². The highest BCUT2D eigenvalue weighted by Gasteiger charge is 2.31. The number of hydrogen-bond donors (Lipinski definition) is 1. The minimum atomic E-state index is 0.388. The summed E-state index contributed by atoms with van der Waals surface area (Å²) in [6.07, 6.45) is 2.68. The van der Waals surface area contributed by atoms with Gasteiger partial charge in [0, 0.05) is 18.6 Å². The SMILES string of the molecule is CCNC(Cc1cccc(C)c1)C1CCOC1C. The van der Waals surface area contributed by atoms with E-state index in [0.29, 0.717) is 18.1 Å². The maximum Gasteiger partial charge on any atom is 0.0590 e. The normalized spacial score (nSPS) is 25.3. The Kier molecular flexibility index (Phi) is 4.79. The predicted octanol–water partition coefficient (Wildman–Crippen LogP) is 2.94. The molecule has 1 saturated heterocycles. The summed E-state index contributed by atoms with van der Waals surface area (Å²) in [5.41, 5.74) is 2.78. The molecule has 1 N–H and O–H groups in total. The molecule has 0 radical (unpaired) electrons. The molecule has 0 bridgehead atoms. The number of nitrogens with one attached hydrogen (secondary N) is 1. The average molecular weight is 247 g/mol. The molecule has 0 spiro atoms. The molecule has 1 fully saturated rings. The van der Waals surface area contributed by atoms with Crippen molar-refractivity contribution < 1.29 is 4.74 Å². The van der Waals surface area contributed by atoms with Gasteiger partial charge in [-0.05, 0) is 38.8 Å². The van der Waals surface area contributed by atoms with Crippen LogP contribution in [0.4, 0.5) is 0 Å². The van der Waals surface area contributed by atoms with Gasteiger partial charge in [0.25, 0.3) is 0 Å². The molecule has 18 heavy (non-hydrogen) atoms. The molecule has 1 aromatic carbocycles. The van der Waals surface area contributed by atoms with Crippen molar-refractivity contribution in [2.75, 3.05) is 13.2 Å². The lowest BCUT2D eigenvalue weighted by molar-refractivity contribution is 0.0956. The van der Waals surface area contributed by atoms with Crippen molar-refractivity contribution in [3.05, 3.63) is 35.4 Å². The van der Waals surface area contributed by atoms with Crippen LogP contribution in [0.5, 0.6) is 0 Å². The minimum absolute atomic E-state index is 0.388. The van der Waals surface area contributed by atoms with Crippen LogP contribution in [0.15, 0.2) is 24.3 Å². The molecule has 2 heteroatoms. The summed E-state index contributed by atoms with van der Waals surface area (Å²) >= 11 is 0. The fourth-order valence-electron chi connectivity index (χ4n) is 3.01. The van der Waals surface area contributed by atoms with Crippen molar-refractivity contribution in [1.82, 2.24) is 5.32 Å². The minimum Gasteiger partial charge on any atom is -0.378 e. The van der Waals surface area contributed by atoms with Crippen LogP contribution in [-0.4, -0.2) is 25.3 Å². The van der Waals surface area contributed by atoms with E-state index in [0.717, 1.165) is 19.6 Å². The van der Waals surface area contributed by atoms with Crippen LogP contribution in [0.1, 0.15) is 31.4 Å². The summed E-state index contributed by atoms with van der Waals surface area (Å²) in [6, 6.07) is 9.38. The van der Waals surface area contributed by atoms with E-state index in [9.17, 15) is 0 Å². The van der Waals surface area contributed by atoms with Crippen LogP contribution >= 0.6 is 0 Å². The molecule has 1 heterocycles. The third kappa shape index (κ3) is 3.33. The smallest absolute Gasteiger partial charge is 0.0590 e. The fraction of sp³-hybridized carbons (Fsp3) is 0.625. The van der Waals surface area contributed by atoms with Crippen molar-refractivity contribution in [3.8, 4) is 0 Å². The summed E-state index contributed by atoms with van der Waals surface area (Å²) in [6.45, 7) is 8.50. The number of aryl methyl sites for hydroxylation is 1. The van der Waals surface area contributed by atoms with E-state index in [2.05, 4.69) is 50.4 Å². The summed E-state index contributed by atoms with van der Waals surface area (Å²) in [5, 5.41) is 3.64. The van der Waals surface area contributed by atoms with Crippen molar-refractivity contribution in [1.29, 1.82) is 0 Å². The topological polar surface area (TPSA) is 21.3 Å². The van der Waals surface area contributed by atoms with Crippen LogP contribution in [0.25, 0.3) is 0 Å². The zero-order chi connectivity index (χ0) is 13.0. The Hall–Kier alpha value is -0.860. The van der Waals surface area contributed by atoms with E-state index < -0.39 is 0 Å². The molecule has 100 valence electrons. The van der Waals surface area contributed by atoms with Gasteiger partial charge in [0.15, 0.2) is 0 Å².